The van der Waals surface area contributed by atoms with Crippen LogP contribution in [0.25, 0.3) is 0 Å². The Morgan fingerprint density at radius 2 is 2.06 bits per heavy atom. The average Bonchev–Trinajstić information content (AvgIpc) is 3.08. The van der Waals surface area contributed by atoms with Crippen LogP contribution in [0.1, 0.15) is 75.4 Å². The van der Waals surface area contributed by atoms with E-state index in [2.05, 4.69) is 17.1 Å². The molecule has 4 nitrogen and oxygen atoms in total. The van der Waals surface area contributed by atoms with Gasteiger partial charge >= 0.3 is 0 Å². The summed E-state index contributed by atoms with van der Waals surface area (Å²) in [6, 6.07) is 0. The maximum absolute atomic E-state index is 5.74. The molecule has 2 heterocycles. The van der Waals surface area contributed by atoms with E-state index in [1.54, 1.807) is 0 Å². The molecule has 4 heteroatoms. The van der Waals surface area contributed by atoms with Crippen molar-refractivity contribution in [2.45, 2.75) is 69.8 Å². The van der Waals surface area contributed by atoms with E-state index < -0.39 is 0 Å². The fourth-order valence-electron chi connectivity index (χ4n) is 3.36. The van der Waals surface area contributed by atoms with Crippen molar-refractivity contribution in [3.63, 3.8) is 0 Å². The van der Waals surface area contributed by atoms with Gasteiger partial charge in [-0.25, -0.2) is 4.98 Å². The molecule has 1 saturated heterocycles. The van der Waals surface area contributed by atoms with Crippen molar-refractivity contribution in [3.8, 4) is 0 Å². The van der Waals surface area contributed by atoms with Gasteiger partial charge in [0, 0.05) is 18.4 Å². The number of H-pyrrole nitrogens is 1. The molecule has 3 rings (SSSR count). The van der Waals surface area contributed by atoms with Crippen LogP contribution in [0, 0.1) is 0 Å². The summed E-state index contributed by atoms with van der Waals surface area (Å²) in [6.45, 7) is 3.05. The van der Waals surface area contributed by atoms with Gasteiger partial charge in [0.25, 0.3) is 0 Å². The van der Waals surface area contributed by atoms with E-state index in [4.69, 9.17) is 9.72 Å². The smallest absolute Gasteiger partial charge is 0.153 e. The van der Waals surface area contributed by atoms with E-state index in [0.29, 0.717) is 17.9 Å². The minimum absolute atomic E-state index is 0.331. The lowest BCUT2D eigenvalue weighted by atomic mass is 9.89. The standard InChI is InChI=1S/C14H23N3O/c1-2-12-11(8-9-18-12)14-15-13(16-17-14)10-6-4-3-5-7-10/h10-12H,2-9H2,1H3,(H,15,16,17). The van der Waals surface area contributed by atoms with Crippen LogP contribution in [0.3, 0.4) is 0 Å². The fourth-order valence-corrected chi connectivity index (χ4v) is 3.36. The molecule has 2 atom stereocenters. The van der Waals surface area contributed by atoms with E-state index in [1.165, 1.54) is 32.1 Å². The molecular formula is C14H23N3O. The lowest BCUT2D eigenvalue weighted by Gasteiger charge is -2.18. The number of hydrogen-bond acceptors (Lipinski definition) is 3. The molecular weight excluding hydrogens is 226 g/mol. The first-order valence-corrected chi connectivity index (χ1v) is 7.42. The monoisotopic (exact) mass is 249 g/mol. The van der Waals surface area contributed by atoms with Gasteiger partial charge in [0.1, 0.15) is 5.82 Å². The largest absolute Gasteiger partial charge is 0.377 e. The highest BCUT2D eigenvalue weighted by atomic mass is 16.5. The Balaban J connectivity index is 1.72. The summed E-state index contributed by atoms with van der Waals surface area (Å²) in [6.07, 6.45) is 9.03. The number of nitrogens with one attached hydrogen (secondary N) is 1. The van der Waals surface area contributed by atoms with Crippen LogP contribution in [-0.2, 0) is 4.74 Å². The van der Waals surface area contributed by atoms with Crippen LogP contribution < -0.4 is 0 Å². The van der Waals surface area contributed by atoms with Crippen molar-refractivity contribution >= 4 is 0 Å². The first kappa shape index (κ1) is 12.2. The number of rotatable bonds is 3. The minimum atomic E-state index is 0.331. The zero-order chi connectivity index (χ0) is 12.4. The maximum atomic E-state index is 5.74. The number of nitrogens with zero attached hydrogens (tertiary/aromatic N) is 2. The summed E-state index contributed by atoms with van der Waals surface area (Å²) >= 11 is 0. The molecule has 1 N–H and O–H groups in total. The van der Waals surface area contributed by atoms with Gasteiger partial charge in [-0.05, 0) is 25.7 Å². The topological polar surface area (TPSA) is 50.8 Å². The average molecular weight is 249 g/mol. The Kier molecular flexibility index (Phi) is 3.64. The molecule has 1 aliphatic heterocycles. The van der Waals surface area contributed by atoms with Gasteiger partial charge in [-0.2, -0.15) is 5.10 Å². The molecule has 0 bridgehead atoms. The van der Waals surface area contributed by atoms with E-state index in [0.717, 1.165) is 31.1 Å². The Bertz CT molecular complexity index is 384. The highest BCUT2D eigenvalue weighted by Crippen LogP contribution is 2.34. The fraction of sp³-hybridized carbons (Fsp3) is 0.857. The number of aromatic amines is 1. The predicted molar refractivity (Wildman–Crippen MR) is 69.6 cm³/mol. The van der Waals surface area contributed by atoms with Gasteiger partial charge in [0.2, 0.25) is 0 Å². The van der Waals surface area contributed by atoms with Crippen molar-refractivity contribution in [3.05, 3.63) is 11.6 Å². The molecule has 0 amide bonds. The van der Waals surface area contributed by atoms with Crippen molar-refractivity contribution in [1.29, 1.82) is 0 Å². The molecule has 0 spiro atoms. The molecule has 0 aromatic carbocycles. The van der Waals surface area contributed by atoms with Crippen molar-refractivity contribution in [1.82, 2.24) is 15.2 Å². The SMILES string of the molecule is CCC1OCCC1c1nc(C2CCCCC2)n[nH]1. The van der Waals surface area contributed by atoms with Crippen LogP contribution in [0.4, 0.5) is 0 Å². The molecule has 1 saturated carbocycles. The van der Waals surface area contributed by atoms with E-state index >= 15 is 0 Å². The van der Waals surface area contributed by atoms with E-state index in [-0.39, 0.29) is 0 Å². The van der Waals surface area contributed by atoms with Gasteiger partial charge in [-0.3, -0.25) is 5.10 Å². The third-order valence-corrected chi connectivity index (χ3v) is 4.45. The minimum Gasteiger partial charge on any atom is -0.377 e. The second kappa shape index (κ2) is 5.39. The molecule has 1 aliphatic carbocycles. The van der Waals surface area contributed by atoms with E-state index in [1.807, 2.05) is 0 Å². The molecule has 100 valence electrons. The van der Waals surface area contributed by atoms with Gasteiger partial charge in [-0.15, -0.1) is 0 Å². The summed E-state index contributed by atoms with van der Waals surface area (Å²) in [5.74, 6) is 3.12. The Morgan fingerprint density at radius 3 is 2.83 bits per heavy atom. The third-order valence-electron chi connectivity index (χ3n) is 4.45. The second-order valence-corrected chi connectivity index (χ2v) is 5.63. The lowest BCUT2D eigenvalue weighted by molar-refractivity contribution is 0.0994. The molecule has 18 heavy (non-hydrogen) atoms. The van der Waals surface area contributed by atoms with Crippen molar-refractivity contribution in [2.24, 2.45) is 0 Å². The van der Waals surface area contributed by atoms with Crippen LogP contribution in [0.5, 0.6) is 0 Å². The first-order valence-electron chi connectivity index (χ1n) is 7.42. The Morgan fingerprint density at radius 1 is 1.22 bits per heavy atom. The molecule has 1 aromatic heterocycles. The zero-order valence-corrected chi connectivity index (χ0v) is 11.2. The molecule has 2 aliphatic rings. The normalized spacial score (nSPS) is 29.8. The summed E-state index contributed by atoms with van der Waals surface area (Å²) in [4.78, 5) is 4.77. The predicted octanol–water partition coefficient (Wildman–Crippen LogP) is 3.13. The Labute approximate surface area is 109 Å². The molecule has 2 fully saturated rings. The third kappa shape index (κ3) is 2.30. The van der Waals surface area contributed by atoms with Crippen LogP contribution in [0.15, 0.2) is 0 Å². The summed E-state index contributed by atoms with van der Waals surface area (Å²) in [7, 11) is 0. The molecule has 2 unspecified atom stereocenters. The van der Waals surface area contributed by atoms with E-state index in [9.17, 15) is 0 Å². The second-order valence-electron chi connectivity index (χ2n) is 5.63. The molecule has 0 radical (unpaired) electrons. The highest BCUT2D eigenvalue weighted by Gasteiger charge is 2.31. The lowest BCUT2D eigenvalue weighted by Crippen LogP contribution is -2.14. The summed E-state index contributed by atoms with van der Waals surface area (Å²) < 4.78 is 5.74. The maximum Gasteiger partial charge on any atom is 0.153 e. The molecule has 1 aromatic rings. The zero-order valence-electron chi connectivity index (χ0n) is 11.2. The van der Waals surface area contributed by atoms with Crippen molar-refractivity contribution in [2.75, 3.05) is 6.61 Å². The van der Waals surface area contributed by atoms with Crippen LogP contribution in [-0.4, -0.2) is 27.9 Å². The van der Waals surface area contributed by atoms with Gasteiger partial charge in [-0.1, -0.05) is 26.2 Å². The van der Waals surface area contributed by atoms with Gasteiger partial charge in [0.15, 0.2) is 5.82 Å². The number of hydrogen-bond donors (Lipinski definition) is 1. The van der Waals surface area contributed by atoms with Gasteiger partial charge < -0.3 is 4.74 Å². The summed E-state index contributed by atoms with van der Waals surface area (Å²) in [5.41, 5.74) is 0. The first-order chi connectivity index (χ1) is 8.88. The number of ether oxygens (including phenoxy) is 1. The Hall–Kier alpha value is -0.900. The van der Waals surface area contributed by atoms with Crippen LogP contribution >= 0.6 is 0 Å². The highest BCUT2D eigenvalue weighted by molar-refractivity contribution is 5.06. The van der Waals surface area contributed by atoms with Gasteiger partial charge in [0.05, 0.1) is 6.10 Å². The number of aromatic nitrogens is 3. The quantitative estimate of drug-likeness (QED) is 0.895. The van der Waals surface area contributed by atoms with Crippen molar-refractivity contribution < 1.29 is 4.74 Å². The van der Waals surface area contributed by atoms with Crippen LogP contribution in [0.2, 0.25) is 0 Å². The summed E-state index contributed by atoms with van der Waals surface area (Å²) in [5, 5.41) is 7.63.